The van der Waals surface area contributed by atoms with Crippen LogP contribution >= 0.6 is 11.8 Å². The molecule has 0 aromatic heterocycles. The zero-order valence-electron chi connectivity index (χ0n) is 8.82. The lowest BCUT2D eigenvalue weighted by Gasteiger charge is -2.01. The van der Waals surface area contributed by atoms with E-state index in [9.17, 15) is 4.79 Å². The van der Waals surface area contributed by atoms with Gasteiger partial charge in [-0.25, -0.2) is 0 Å². The summed E-state index contributed by atoms with van der Waals surface area (Å²) in [4.78, 5) is 12.3. The van der Waals surface area contributed by atoms with Gasteiger partial charge in [-0.3, -0.25) is 4.79 Å². The van der Waals surface area contributed by atoms with Gasteiger partial charge in [0, 0.05) is 16.9 Å². The largest absolute Gasteiger partial charge is 0.295 e. The number of ketones is 1. The normalized spacial score (nSPS) is 9.60. The van der Waals surface area contributed by atoms with E-state index in [0.29, 0.717) is 0 Å². The summed E-state index contributed by atoms with van der Waals surface area (Å²) in [5.41, 5.74) is 0.775. The average molecular weight is 218 g/mol. The van der Waals surface area contributed by atoms with Crippen molar-refractivity contribution in [1.29, 1.82) is 0 Å². The Morgan fingerprint density at radius 3 is 3.00 bits per heavy atom. The number of hydrogen-bond donors (Lipinski definition) is 0. The maximum absolute atomic E-state index is 11.1. The molecule has 78 valence electrons. The summed E-state index contributed by atoms with van der Waals surface area (Å²) in [5.74, 6) is 3.73. The molecule has 0 saturated heterocycles. The summed E-state index contributed by atoms with van der Waals surface area (Å²) in [7, 11) is 0. The highest BCUT2D eigenvalue weighted by Gasteiger charge is 2.00. The fourth-order valence-corrected chi connectivity index (χ4v) is 2.08. The SMILES string of the molecule is C#CCCCSc1cccc(C(C)=O)c1. The molecule has 0 unspecified atom stereocenters. The second-order valence-corrected chi connectivity index (χ2v) is 4.41. The minimum atomic E-state index is 0.112. The van der Waals surface area contributed by atoms with Gasteiger partial charge in [0.25, 0.3) is 0 Å². The van der Waals surface area contributed by atoms with Gasteiger partial charge < -0.3 is 0 Å². The van der Waals surface area contributed by atoms with Crippen LogP contribution in [0.25, 0.3) is 0 Å². The van der Waals surface area contributed by atoms with Gasteiger partial charge in [-0.2, -0.15) is 0 Å². The number of unbranched alkanes of at least 4 members (excludes halogenated alkanes) is 1. The highest BCUT2D eigenvalue weighted by molar-refractivity contribution is 7.99. The van der Waals surface area contributed by atoms with E-state index in [1.165, 1.54) is 0 Å². The van der Waals surface area contributed by atoms with Gasteiger partial charge in [0.2, 0.25) is 0 Å². The molecular formula is C13H14OS. The number of carbonyl (C=O) groups excluding carboxylic acids is 1. The molecule has 0 radical (unpaired) electrons. The maximum atomic E-state index is 11.1. The van der Waals surface area contributed by atoms with E-state index in [1.54, 1.807) is 18.7 Å². The van der Waals surface area contributed by atoms with Crippen LogP contribution in [0.2, 0.25) is 0 Å². The lowest BCUT2D eigenvalue weighted by molar-refractivity contribution is 0.101. The minimum Gasteiger partial charge on any atom is -0.295 e. The van der Waals surface area contributed by atoms with Gasteiger partial charge in [-0.05, 0) is 31.2 Å². The Labute approximate surface area is 95.3 Å². The standard InChI is InChI=1S/C13H14OS/c1-3-4-5-9-15-13-8-6-7-12(10-13)11(2)14/h1,6-8,10H,4-5,9H2,2H3. The lowest BCUT2D eigenvalue weighted by Crippen LogP contribution is -1.91. The molecule has 0 aliphatic rings. The van der Waals surface area contributed by atoms with Crippen molar-refractivity contribution in [2.75, 3.05) is 5.75 Å². The third-order valence-electron chi connectivity index (χ3n) is 1.97. The predicted octanol–water partition coefficient (Wildman–Crippen LogP) is 3.39. The van der Waals surface area contributed by atoms with Gasteiger partial charge in [0.1, 0.15) is 0 Å². The molecule has 1 aromatic carbocycles. The van der Waals surface area contributed by atoms with Crippen LogP contribution in [0.1, 0.15) is 30.1 Å². The van der Waals surface area contributed by atoms with Crippen molar-refractivity contribution in [2.45, 2.75) is 24.7 Å². The van der Waals surface area contributed by atoms with Gasteiger partial charge >= 0.3 is 0 Å². The summed E-state index contributed by atoms with van der Waals surface area (Å²) in [6, 6.07) is 7.71. The number of Topliss-reactive ketones (excluding diaryl/α,β-unsaturated/α-hetero) is 1. The van der Waals surface area contributed by atoms with E-state index in [-0.39, 0.29) is 5.78 Å². The van der Waals surface area contributed by atoms with Crippen molar-refractivity contribution in [3.63, 3.8) is 0 Å². The topological polar surface area (TPSA) is 17.1 Å². The molecule has 0 saturated carbocycles. The van der Waals surface area contributed by atoms with E-state index >= 15 is 0 Å². The number of carbonyl (C=O) groups is 1. The Hall–Kier alpha value is -1.20. The van der Waals surface area contributed by atoms with E-state index in [2.05, 4.69) is 5.92 Å². The molecular weight excluding hydrogens is 204 g/mol. The first-order valence-corrected chi connectivity index (χ1v) is 5.90. The van der Waals surface area contributed by atoms with Crippen LogP contribution in [-0.2, 0) is 0 Å². The number of benzene rings is 1. The minimum absolute atomic E-state index is 0.112. The number of hydrogen-bond acceptors (Lipinski definition) is 2. The molecule has 1 nitrogen and oxygen atoms in total. The van der Waals surface area contributed by atoms with Crippen LogP contribution in [0, 0.1) is 12.3 Å². The Morgan fingerprint density at radius 2 is 2.33 bits per heavy atom. The van der Waals surface area contributed by atoms with Crippen molar-refractivity contribution < 1.29 is 4.79 Å². The number of terminal acetylenes is 1. The summed E-state index contributed by atoms with van der Waals surface area (Å²) in [6.45, 7) is 1.59. The first kappa shape index (κ1) is 11.9. The predicted molar refractivity (Wildman–Crippen MR) is 65.2 cm³/mol. The molecule has 0 aliphatic carbocycles. The molecule has 1 aromatic rings. The summed E-state index contributed by atoms with van der Waals surface area (Å²) in [5, 5.41) is 0. The molecule has 1 rings (SSSR count). The zero-order chi connectivity index (χ0) is 11.1. The molecule has 0 bridgehead atoms. The molecule has 0 fully saturated rings. The molecule has 0 aliphatic heterocycles. The first-order chi connectivity index (χ1) is 7.24. The molecule has 0 spiro atoms. The van der Waals surface area contributed by atoms with Crippen LogP contribution in [0.4, 0.5) is 0 Å². The first-order valence-electron chi connectivity index (χ1n) is 4.91. The van der Waals surface area contributed by atoms with E-state index in [0.717, 1.165) is 29.1 Å². The van der Waals surface area contributed by atoms with Crippen LogP contribution in [0.5, 0.6) is 0 Å². The van der Waals surface area contributed by atoms with Gasteiger partial charge in [0.15, 0.2) is 5.78 Å². The van der Waals surface area contributed by atoms with E-state index in [1.807, 2.05) is 24.3 Å². The molecule has 2 heteroatoms. The van der Waals surface area contributed by atoms with Gasteiger partial charge in [-0.15, -0.1) is 24.1 Å². The lowest BCUT2D eigenvalue weighted by atomic mass is 10.2. The average Bonchev–Trinajstić information content (AvgIpc) is 2.25. The number of thioether (sulfide) groups is 1. The highest BCUT2D eigenvalue weighted by Crippen LogP contribution is 2.20. The van der Waals surface area contributed by atoms with Crippen LogP contribution < -0.4 is 0 Å². The second-order valence-electron chi connectivity index (χ2n) is 3.24. The van der Waals surface area contributed by atoms with Crippen LogP contribution in [-0.4, -0.2) is 11.5 Å². The Kier molecular flexibility index (Phi) is 5.00. The van der Waals surface area contributed by atoms with E-state index in [4.69, 9.17) is 6.42 Å². The van der Waals surface area contributed by atoms with Crippen molar-refractivity contribution >= 4 is 17.5 Å². The summed E-state index contributed by atoms with van der Waals surface area (Å²) < 4.78 is 0. The summed E-state index contributed by atoms with van der Waals surface area (Å²) >= 11 is 1.74. The Bertz CT molecular complexity index is 376. The fourth-order valence-electron chi connectivity index (χ4n) is 1.17. The zero-order valence-corrected chi connectivity index (χ0v) is 9.64. The maximum Gasteiger partial charge on any atom is 0.159 e. The van der Waals surface area contributed by atoms with Crippen molar-refractivity contribution in [2.24, 2.45) is 0 Å². The fraction of sp³-hybridized carbons (Fsp3) is 0.308. The van der Waals surface area contributed by atoms with Crippen LogP contribution in [0.3, 0.4) is 0 Å². The van der Waals surface area contributed by atoms with Gasteiger partial charge in [-0.1, -0.05) is 12.1 Å². The van der Waals surface area contributed by atoms with E-state index < -0.39 is 0 Å². The molecule has 0 atom stereocenters. The van der Waals surface area contributed by atoms with Crippen LogP contribution in [0.15, 0.2) is 29.2 Å². The second kappa shape index (κ2) is 6.31. The molecule has 0 heterocycles. The highest BCUT2D eigenvalue weighted by atomic mass is 32.2. The van der Waals surface area contributed by atoms with Gasteiger partial charge in [0.05, 0.1) is 0 Å². The molecule has 15 heavy (non-hydrogen) atoms. The third-order valence-corrected chi connectivity index (χ3v) is 3.05. The molecule has 0 amide bonds. The number of rotatable bonds is 5. The van der Waals surface area contributed by atoms with Crippen molar-refractivity contribution in [3.05, 3.63) is 29.8 Å². The smallest absolute Gasteiger partial charge is 0.159 e. The monoisotopic (exact) mass is 218 g/mol. The molecule has 0 N–H and O–H groups in total. The summed E-state index contributed by atoms with van der Waals surface area (Å²) in [6.07, 6.45) is 7.01. The quantitative estimate of drug-likeness (QED) is 0.326. The van der Waals surface area contributed by atoms with Crippen molar-refractivity contribution in [1.82, 2.24) is 0 Å². The third kappa shape index (κ3) is 4.22. The Balaban J connectivity index is 2.51. The van der Waals surface area contributed by atoms with Crippen molar-refractivity contribution in [3.8, 4) is 12.3 Å². The Morgan fingerprint density at radius 1 is 1.53 bits per heavy atom.